The first-order valence-corrected chi connectivity index (χ1v) is 6.27. The van der Waals surface area contributed by atoms with Crippen molar-refractivity contribution in [2.75, 3.05) is 23.7 Å². The predicted octanol–water partition coefficient (Wildman–Crippen LogP) is 1.67. The van der Waals surface area contributed by atoms with Crippen LogP contribution in [0, 0.1) is 0 Å². The first-order valence-electron chi connectivity index (χ1n) is 5.89. The van der Waals surface area contributed by atoms with Crippen molar-refractivity contribution in [1.29, 1.82) is 0 Å². The minimum Gasteiger partial charge on any atom is -0.396 e. The Balaban J connectivity index is 2.80. The number of hydrogen-bond acceptors (Lipinski definition) is 4. The molecule has 1 heterocycles. The van der Waals surface area contributed by atoms with Crippen molar-refractivity contribution < 1.29 is 4.79 Å². The Hall–Kier alpha value is -1.49. The van der Waals surface area contributed by atoms with E-state index in [-0.39, 0.29) is 18.5 Å². The van der Waals surface area contributed by atoms with Gasteiger partial charge < -0.3 is 16.0 Å². The largest absolute Gasteiger partial charge is 0.396 e. The number of rotatable bonds is 5. The SMILES string of the molecule is CCN(CC(=O)NC(C)C)c1ncc(Cl)cc1N. The molecule has 0 atom stereocenters. The predicted molar refractivity (Wildman–Crippen MR) is 74.8 cm³/mol. The molecule has 1 aromatic heterocycles. The first kappa shape index (κ1) is 14.6. The lowest BCUT2D eigenvalue weighted by molar-refractivity contribution is -0.120. The highest BCUT2D eigenvalue weighted by Crippen LogP contribution is 2.22. The van der Waals surface area contributed by atoms with Gasteiger partial charge in [0.1, 0.15) is 0 Å². The van der Waals surface area contributed by atoms with E-state index in [1.807, 2.05) is 25.7 Å². The Morgan fingerprint density at radius 2 is 2.28 bits per heavy atom. The van der Waals surface area contributed by atoms with Gasteiger partial charge >= 0.3 is 0 Å². The van der Waals surface area contributed by atoms with Gasteiger partial charge in [0.15, 0.2) is 5.82 Å². The monoisotopic (exact) mass is 270 g/mol. The maximum atomic E-state index is 11.7. The number of nitrogen functional groups attached to an aromatic ring is 1. The molecule has 1 amide bonds. The van der Waals surface area contributed by atoms with Gasteiger partial charge in [0.05, 0.1) is 17.3 Å². The maximum absolute atomic E-state index is 11.7. The lowest BCUT2D eigenvalue weighted by atomic mass is 10.3. The van der Waals surface area contributed by atoms with Crippen molar-refractivity contribution in [1.82, 2.24) is 10.3 Å². The van der Waals surface area contributed by atoms with Crippen LogP contribution in [-0.2, 0) is 4.79 Å². The highest BCUT2D eigenvalue weighted by molar-refractivity contribution is 6.30. The number of nitrogens with one attached hydrogen (secondary N) is 1. The fourth-order valence-corrected chi connectivity index (χ4v) is 1.76. The molecule has 18 heavy (non-hydrogen) atoms. The van der Waals surface area contributed by atoms with E-state index in [1.165, 1.54) is 6.20 Å². The molecule has 0 fully saturated rings. The molecular weight excluding hydrogens is 252 g/mol. The van der Waals surface area contributed by atoms with E-state index < -0.39 is 0 Å². The van der Waals surface area contributed by atoms with E-state index in [4.69, 9.17) is 17.3 Å². The van der Waals surface area contributed by atoms with Crippen molar-refractivity contribution in [2.45, 2.75) is 26.8 Å². The zero-order chi connectivity index (χ0) is 13.7. The smallest absolute Gasteiger partial charge is 0.239 e. The molecule has 0 saturated carbocycles. The van der Waals surface area contributed by atoms with Crippen LogP contribution in [0.3, 0.4) is 0 Å². The Morgan fingerprint density at radius 1 is 1.61 bits per heavy atom. The molecular formula is C12H19ClN4O. The molecule has 6 heteroatoms. The number of nitrogens with two attached hydrogens (primary N) is 1. The second kappa shape index (κ2) is 6.44. The Labute approximate surface area is 112 Å². The van der Waals surface area contributed by atoms with Gasteiger partial charge in [-0.2, -0.15) is 0 Å². The molecule has 0 aliphatic rings. The van der Waals surface area contributed by atoms with Gasteiger partial charge in [-0.15, -0.1) is 0 Å². The fraction of sp³-hybridized carbons (Fsp3) is 0.500. The number of aromatic nitrogens is 1. The average molecular weight is 271 g/mol. The number of nitrogens with zero attached hydrogens (tertiary/aromatic N) is 2. The van der Waals surface area contributed by atoms with Crippen LogP contribution in [0.2, 0.25) is 5.02 Å². The molecule has 1 aromatic rings. The van der Waals surface area contributed by atoms with E-state index in [2.05, 4.69) is 10.3 Å². The maximum Gasteiger partial charge on any atom is 0.239 e. The van der Waals surface area contributed by atoms with Gasteiger partial charge in [-0.3, -0.25) is 4.79 Å². The van der Waals surface area contributed by atoms with E-state index in [0.29, 0.717) is 23.1 Å². The number of hydrogen-bond donors (Lipinski definition) is 2. The normalized spacial score (nSPS) is 10.5. The topological polar surface area (TPSA) is 71.2 Å². The first-order chi connectivity index (χ1) is 8.43. The minimum atomic E-state index is -0.0528. The second-order valence-electron chi connectivity index (χ2n) is 4.30. The van der Waals surface area contributed by atoms with Crippen LogP contribution < -0.4 is 16.0 Å². The van der Waals surface area contributed by atoms with Gasteiger partial charge in [-0.25, -0.2) is 4.98 Å². The summed E-state index contributed by atoms with van der Waals surface area (Å²) >= 11 is 5.80. The number of likely N-dealkylation sites (N-methyl/N-ethyl adjacent to an activating group) is 1. The van der Waals surface area contributed by atoms with Gasteiger partial charge in [0.25, 0.3) is 0 Å². The standard InChI is InChI=1S/C12H19ClN4O/c1-4-17(7-11(18)16-8(2)3)12-10(14)5-9(13)6-15-12/h5-6,8H,4,7,14H2,1-3H3,(H,16,18). The molecule has 1 rings (SSSR count). The zero-order valence-corrected chi connectivity index (χ0v) is 11.7. The highest BCUT2D eigenvalue weighted by atomic mass is 35.5. The summed E-state index contributed by atoms with van der Waals surface area (Å²) in [5.41, 5.74) is 6.33. The molecule has 5 nitrogen and oxygen atoms in total. The lowest BCUT2D eigenvalue weighted by Crippen LogP contribution is -2.40. The van der Waals surface area contributed by atoms with Crippen LogP contribution in [0.15, 0.2) is 12.3 Å². The summed E-state index contributed by atoms with van der Waals surface area (Å²) in [6, 6.07) is 1.75. The van der Waals surface area contributed by atoms with Crippen molar-refractivity contribution in [3.05, 3.63) is 17.3 Å². The minimum absolute atomic E-state index is 0.0528. The molecule has 0 aromatic carbocycles. The molecule has 100 valence electrons. The third-order valence-corrected chi connectivity index (χ3v) is 2.53. The summed E-state index contributed by atoms with van der Waals surface area (Å²) in [4.78, 5) is 17.7. The molecule has 0 aliphatic carbocycles. The van der Waals surface area contributed by atoms with E-state index in [9.17, 15) is 4.79 Å². The van der Waals surface area contributed by atoms with Crippen LogP contribution in [-0.4, -0.2) is 30.0 Å². The Kier molecular flexibility index (Phi) is 5.22. The van der Waals surface area contributed by atoms with Gasteiger partial charge in [0, 0.05) is 18.8 Å². The molecule has 0 spiro atoms. The van der Waals surface area contributed by atoms with Crippen LogP contribution in [0.25, 0.3) is 0 Å². The molecule has 0 radical (unpaired) electrons. The van der Waals surface area contributed by atoms with Gasteiger partial charge in [-0.05, 0) is 26.8 Å². The summed E-state index contributed by atoms with van der Waals surface area (Å²) in [6.07, 6.45) is 1.52. The van der Waals surface area contributed by atoms with E-state index in [0.717, 1.165) is 0 Å². The quantitative estimate of drug-likeness (QED) is 0.854. The van der Waals surface area contributed by atoms with Crippen LogP contribution in [0.5, 0.6) is 0 Å². The Bertz CT molecular complexity index is 423. The average Bonchev–Trinajstić information content (AvgIpc) is 2.25. The highest BCUT2D eigenvalue weighted by Gasteiger charge is 2.14. The number of carbonyl (C=O) groups excluding carboxylic acids is 1. The number of halogens is 1. The summed E-state index contributed by atoms with van der Waals surface area (Å²) in [5.74, 6) is 0.531. The van der Waals surface area contributed by atoms with Crippen LogP contribution >= 0.6 is 11.6 Å². The Morgan fingerprint density at radius 3 is 2.78 bits per heavy atom. The number of amides is 1. The van der Waals surface area contributed by atoms with Gasteiger partial charge in [0.2, 0.25) is 5.91 Å². The van der Waals surface area contributed by atoms with Crippen molar-refractivity contribution >= 4 is 29.0 Å². The number of pyridine rings is 1. The third-order valence-electron chi connectivity index (χ3n) is 2.33. The number of anilines is 2. The van der Waals surface area contributed by atoms with Crippen molar-refractivity contribution in [2.24, 2.45) is 0 Å². The molecule has 0 bridgehead atoms. The number of carbonyl (C=O) groups is 1. The lowest BCUT2D eigenvalue weighted by Gasteiger charge is -2.23. The van der Waals surface area contributed by atoms with Crippen molar-refractivity contribution in [3.63, 3.8) is 0 Å². The van der Waals surface area contributed by atoms with E-state index >= 15 is 0 Å². The summed E-state index contributed by atoms with van der Waals surface area (Å²) in [5, 5.41) is 3.32. The fourth-order valence-electron chi connectivity index (χ4n) is 1.59. The summed E-state index contributed by atoms with van der Waals surface area (Å²) in [6.45, 7) is 6.66. The summed E-state index contributed by atoms with van der Waals surface area (Å²) in [7, 11) is 0. The summed E-state index contributed by atoms with van der Waals surface area (Å²) < 4.78 is 0. The van der Waals surface area contributed by atoms with E-state index in [1.54, 1.807) is 6.07 Å². The van der Waals surface area contributed by atoms with Crippen LogP contribution in [0.4, 0.5) is 11.5 Å². The molecule has 0 unspecified atom stereocenters. The zero-order valence-electron chi connectivity index (χ0n) is 10.9. The van der Waals surface area contributed by atoms with Crippen LogP contribution in [0.1, 0.15) is 20.8 Å². The second-order valence-corrected chi connectivity index (χ2v) is 4.74. The third kappa shape index (κ3) is 4.07. The molecule has 0 aliphatic heterocycles. The molecule has 3 N–H and O–H groups in total. The van der Waals surface area contributed by atoms with Gasteiger partial charge in [-0.1, -0.05) is 11.6 Å². The molecule has 0 saturated heterocycles. The van der Waals surface area contributed by atoms with Crippen molar-refractivity contribution in [3.8, 4) is 0 Å².